The van der Waals surface area contributed by atoms with Gasteiger partial charge in [0.25, 0.3) is 0 Å². The Morgan fingerprint density at radius 1 is 1.53 bits per heavy atom. The van der Waals surface area contributed by atoms with Gasteiger partial charge < -0.3 is 11.1 Å². The molecule has 3 N–H and O–H groups in total. The molecule has 1 atom stereocenters. The highest BCUT2D eigenvalue weighted by molar-refractivity contribution is 5.92. The smallest absolute Gasteiger partial charge is 0.227 e. The predicted molar refractivity (Wildman–Crippen MR) is 72.8 cm³/mol. The van der Waals surface area contributed by atoms with E-state index >= 15 is 0 Å². The fourth-order valence-electron chi connectivity index (χ4n) is 1.65. The lowest BCUT2D eigenvalue weighted by atomic mass is 10.1. The summed E-state index contributed by atoms with van der Waals surface area (Å²) in [5.74, 6) is 0.617. The molecule has 100 valence electrons. The normalized spacial score (nSPS) is 12.1. The first-order chi connectivity index (χ1) is 9.20. The number of hydrogen-bond donors (Lipinski definition) is 2. The highest BCUT2D eigenvalue weighted by Gasteiger charge is 2.12. The summed E-state index contributed by atoms with van der Waals surface area (Å²) in [6.45, 7) is 2.36. The van der Waals surface area contributed by atoms with E-state index in [-0.39, 0.29) is 11.8 Å². The molecule has 6 nitrogen and oxygen atoms in total. The number of carbonyl (C=O) groups is 1. The third-order valence-electron chi connectivity index (χ3n) is 2.83. The first-order valence-corrected chi connectivity index (χ1v) is 6.16. The molecule has 0 bridgehead atoms. The van der Waals surface area contributed by atoms with Crippen molar-refractivity contribution in [2.45, 2.75) is 13.3 Å². The molecule has 6 heteroatoms. The minimum Gasteiger partial charge on any atom is -0.330 e. The molecule has 0 aliphatic rings. The molecule has 1 amide bonds. The van der Waals surface area contributed by atoms with Gasteiger partial charge in [0.2, 0.25) is 5.91 Å². The van der Waals surface area contributed by atoms with Crippen molar-refractivity contribution in [1.82, 2.24) is 14.5 Å². The molecule has 0 aliphatic heterocycles. The van der Waals surface area contributed by atoms with Crippen molar-refractivity contribution < 1.29 is 4.79 Å². The topological polar surface area (TPSA) is 85.8 Å². The summed E-state index contributed by atoms with van der Waals surface area (Å²) < 4.78 is 1.79. The maximum Gasteiger partial charge on any atom is 0.227 e. The van der Waals surface area contributed by atoms with E-state index in [4.69, 9.17) is 5.73 Å². The van der Waals surface area contributed by atoms with Crippen LogP contribution in [0.3, 0.4) is 0 Å². The molecule has 2 heterocycles. The van der Waals surface area contributed by atoms with Crippen LogP contribution in [0.1, 0.15) is 13.3 Å². The molecular weight excluding hydrogens is 242 g/mol. The van der Waals surface area contributed by atoms with Crippen LogP contribution in [0, 0.1) is 5.92 Å². The number of pyridine rings is 1. The quantitative estimate of drug-likeness (QED) is 0.844. The molecule has 0 aliphatic carbocycles. The van der Waals surface area contributed by atoms with Crippen LogP contribution in [0.2, 0.25) is 0 Å². The predicted octanol–water partition coefficient (Wildman–Crippen LogP) is 1.19. The molecule has 1 unspecified atom stereocenters. The molecule has 19 heavy (non-hydrogen) atoms. The third-order valence-corrected chi connectivity index (χ3v) is 2.83. The lowest BCUT2D eigenvalue weighted by Crippen LogP contribution is -2.22. The van der Waals surface area contributed by atoms with Crippen LogP contribution in [0.5, 0.6) is 0 Å². The largest absolute Gasteiger partial charge is 0.330 e. The van der Waals surface area contributed by atoms with Gasteiger partial charge in [-0.3, -0.25) is 9.36 Å². The first-order valence-electron chi connectivity index (χ1n) is 6.16. The standard InChI is InChI=1S/C13H17N5O/c1-10(4-5-14)13(19)17-11-2-3-12(16-8-11)18-7-6-15-9-18/h2-3,6-10H,4-5,14H2,1H3,(H,17,19). The molecule has 2 aromatic rings. The summed E-state index contributed by atoms with van der Waals surface area (Å²) in [5.41, 5.74) is 6.11. The maximum atomic E-state index is 11.8. The van der Waals surface area contributed by atoms with Crippen molar-refractivity contribution >= 4 is 11.6 Å². The number of rotatable bonds is 5. The van der Waals surface area contributed by atoms with Gasteiger partial charge in [0, 0.05) is 18.3 Å². The number of nitrogens with one attached hydrogen (secondary N) is 1. The summed E-state index contributed by atoms with van der Waals surface area (Å²) in [5, 5.41) is 2.82. The van der Waals surface area contributed by atoms with Crippen LogP contribution >= 0.6 is 0 Å². The Kier molecular flexibility index (Phi) is 4.25. The Hall–Kier alpha value is -2.21. The summed E-state index contributed by atoms with van der Waals surface area (Å²) in [6, 6.07) is 3.64. The van der Waals surface area contributed by atoms with Crippen molar-refractivity contribution in [3.63, 3.8) is 0 Å². The van der Waals surface area contributed by atoms with Crippen LogP contribution < -0.4 is 11.1 Å². The number of amides is 1. The molecular formula is C13H17N5O. The van der Waals surface area contributed by atoms with Crippen LogP contribution in [0.4, 0.5) is 5.69 Å². The second kappa shape index (κ2) is 6.10. The molecule has 0 spiro atoms. The summed E-state index contributed by atoms with van der Waals surface area (Å²) in [6.07, 6.45) is 7.47. The van der Waals surface area contributed by atoms with Gasteiger partial charge in [0.05, 0.1) is 11.9 Å². The molecule has 0 fully saturated rings. The Labute approximate surface area is 111 Å². The summed E-state index contributed by atoms with van der Waals surface area (Å²) in [7, 11) is 0. The average molecular weight is 259 g/mol. The van der Waals surface area contributed by atoms with Crippen molar-refractivity contribution in [3.05, 3.63) is 37.1 Å². The zero-order chi connectivity index (χ0) is 13.7. The average Bonchev–Trinajstić information content (AvgIpc) is 2.94. The second-order valence-corrected chi connectivity index (χ2v) is 4.34. The number of aromatic nitrogens is 3. The van der Waals surface area contributed by atoms with E-state index in [1.807, 2.05) is 25.3 Å². The van der Waals surface area contributed by atoms with Gasteiger partial charge in [-0.25, -0.2) is 9.97 Å². The maximum absolute atomic E-state index is 11.8. The van der Waals surface area contributed by atoms with Crippen LogP contribution in [0.25, 0.3) is 5.82 Å². The van der Waals surface area contributed by atoms with E-state index in [0.717, 1.165) is 5.82 Å². The third kappa shape index (κ3) is 3.38. The van der Waals surface area contributed by atoms with Crippen LogP contribution in [-0.4, -0.2) is 27.0 Å². The van der Waals surface area contributed by atoms with E-state index in [0.29, 0.717) is 18.7 Å². The Morgan fingerprint density at radius 2 is 2.37 bits per heavy atom. The molecule has 0 aromatic carbocycles. The number of anilines is 1. The Morgan fingerprint density at radius 3 is 2.95 bits per heavy atom. The molecule has 0 saturated carbocycles. The minimum absolute atomic E-state index is 0.0392. The van der Waals surface area contributed by atoms with Crippen molar-refractivity contribution in [1.29, 1.82) is 0 Å². The van der Waals surface area contributed by atoms with Gasteiger partial charge in [-0.2, -0.15) is 0 Å². The van der Waals surface area contributed by atoms with Gasteiger partial charge in [0.1, 0.15) is 12.1 Å². The van der Waals surface area contributed by atoms with Crippen molar-refractivity contribution in [2.75, 3.05) is 11.9 Å². The summed E-state index contributed by atoms with van der Waals surface area (Å²) in [4.78, 5) is 20.0. The number of hydrogen-bond acceptors (Lipinski definition) is 4. The number of carbonyl (C=O) groups excluding carboxylic acids is 1. The van der Waals surface area contributed by atoms with Crippen molar-refractivity contribution in [3.8, 4) is 5.82 Å². The van der Waals surface area contributed by atoms with Gasteiger partial charge >= 0.3 is 0 Å². The van der Waals surface area contributed by atoms with Gasteiger partial charge in [0.15, 0.2) is 0 Å². The highest BCUT2D eigenvalue weighted by atomic mass is 16.1. The summed E-state index contributed by atoms with van der Waals surface area (Å²) >= 11 is 0. The molecule has 0 radical (unpaired) electrons. The monoisotopic (exact) mass is 259 g/mol. The van der Waals surface area contributed by atoms with E-state index in [9.17, 15) is 4.79 Å². The zero-order valence-corrected chi connectivity index (χ0v) is 10.8. The SMILES string of the molecule is CC(CCN)C(=O)Nc1ccc(-n2ccnc2)nc1. The highest BCUT2D eigenvalue weighted by Crippen LogP contribution is 2.11. The number of nitrogens with zero attached hydrogens (tertiary/aromatic N) is 3. The van der Waals surface area contributed by atoms with Gasteiger partial charge in [-0.05, 0) is 25.1 Å². The molecule has 2 aromatic heterocycles. The van der Waals surface area contributed by atoms with Gasteiger partial charge in [-0.15, -0.1) is 0 Å². The zero-order valence-electron chi connectivity index (χ0n) is 10.8. The number of imidazole rings is 1. The van der Waals surface area contributed by atoms with E-state index in [1.54, 1.807) is 23.3 Å². The number of nitrogens with two attached hydrogens (primary N) is 1. The second-order valence-electron chi connectivity index (χ2n) is 4.34. The molecule has 0 saturated heterocycles. The van der Waals surface area contributed by atoms with E-state index in [1.165, 1.54) is 0 Å². The fourth-order valence-corrected chi connectivity index (χ4v) is 1.65. The van der Waals surface area contributed by atoms with Crippen LogP contribution in [-0.2, 0) is 4.79 Å². The van der Waals surface area contributed by atoms with Crippen LogP contribution in [0.15, 0.2) is 37.1 Å². The minimum atomic E-state index is -0.0988. The first kappa shape index (κ1) is 13.2. The Balaban J connectivity index is 2.01. The van der Waals surface area contributed by atoms with E-state index < -0.39 is 0 Å². The van der Waals surface area contributed by atoms with Crippen molar-refractivity contribution in [2.24, 2.45) is 11.7 Å². The molecule has 2 rings (SSSR count). The lowest BCUT2D eigenvalue weighted by Gasteiger charge is -2.11. The van der Waals surface area contributed by atoms with Gasteiger partial charge in [-0.1, -0.05) is 6.92 Å². The Bertz CT molecular complexity index is 520. The fraction of sp³-hybridized carbons (Fsp3) is 0.308. The lowest BCUT2D eigenvalue weighted by molar-refractivity contribution is -0.119. The van der Waals surface area contributed by atoms with E-state index in [2.05, 4.69) is 15.3 Å².